The maximum absolute atomic E-state index is 11.5. The highest BCUT2D eigenvalue weighted by molar-refractivity contribution is 5.56. The van der Waals surface area contributed by atoms with Crippen LogP contribution < -0.4 is 26.2 Å². The molecule has 12 nitrogen and oxygen atoms in total. The van der Waals surface area contributed by atoms with E-state index < -0.39 is 5.69 Å². The maximum Gasteiger partial charge on any atom is 0.327 e. The first-order valence-corrected chi connectivity index (χ1v) is 12.5. The van der Waals surface area contributed by atoms with Crippen LogP contribution in [0, 0.1) is 0 Å². The Morgan fingerprint density at radius 2 is 1.86 bits per heavy atom. The Balaban J connectivity index is 1.29. The Morgan fingerprint density at radius 1 is 1.11 bits per heavy atom. The predicted octanol–water partition coefficient (Wildman–Crippen LogP) is 0.780. The number of ether oxygens (including phenoxy) is 1. The van der Waals surface area contributed by atoms with E-state index in [0.29, 0.717) is 28.3 Å². The molecule has 12 heteroatoms. The molecule has 0 atom stereocenters. The largest absolute Gasteiger partial charge is 0.493 e. The molecule has 192 valence electrons. The van der Waals surface area contributed by atoms with Crippen LogP contribution in [-0.2, 0) is 0 Å². The number of aromatic amines is 2. The van der Waals surface area contributed by atoms with Crippen molar-refractivity contribution in [2.45, 2.75) is 38.8 Å². The fourth-order valence-corrected chi connectivity index (χ4v) is 4.43. The number of imidazole rings is 1. The van der Waals surface area contributed by atoms with Gasteiger partial charge in [0.2, 0.25) is 5.88 Å². The number of hydrogen-bond acceptors (Lipinski definition) is 9. The smallest absolute Gasteiger partial charge is 0.327 e. The van der Waals surface area contributed by atoms with Gasteiger partial charge < -0.3 is 19.7 Å². The number of fused-ring (bicyclic) bond motifs is 1. The highest BCUT2D eigenvalue weighted by Crippen LogP contribution is 2.24. The number of aromatic hydroxyl groups is 1. The van der Waals surface area contributed by atoms with Crippen molar-refractivity contribution in [2.24, 2.45) is 4.99 Å². The predicted molar refractivity (Wildman–Crippen MR) is 137 cm³/mol. The second-order valence-corrected chi connectivity index (χ2v) is 9.70. The second-order valence-electron chi connectivity index (χ2n) is 9.70. The number of H-pyrrole nitrogens is 2. The molecule has 3 aromatic heterocycles. The monoisotopic (exact) mass is 503 g/mol. The molecule has 6 rings (SSSR count). The minimum Gasteiger partial charge on any atom is -0.493 e. The van der Waals surface area contributed by atoms with E-state index in [2.05, 4.69) is 65.8 Å². The van der Waals surface area contributed by atoms with Crippen molar-refractivity contribution in [2.75, 3.05) is 31.1 Å². The van der Waals surface area contributed by atoms with Gasteiger partial charge in [-0.1, -0.05) is 0 Å². The lowest BCUT2D eigenvalue weighted by Crippen LogP contribution is -2.48. The van der Waals surface area contributed by atoms with Crippen LogP contribution in [0.3, 0.4) is 0 Å². The molecule has 1 saturated heterocycles. The molecule has 0 amide bonds. The van der Waals surface area contributed by atoms with Gasteiger partial charge >= 0.3 is 11.7 Å². The number of aromatic nitrogens is 6. The highest BCUT2D eigenvalue weighted by Gasteiger charge is 2.22. The molecule has 37 heavy (non-hydrogen) atoms. The van der Waals surface area contributed by atoms with E-state index in [-0.39, 0.29) is 23.6 Å². The van der Waals surface area contributed by atoms with Gasteiger partial charge in [-0.15, -0.1) is 0 Å². The SMILES string of the molecule is CC(C)N1CCN(c2ccc(Oc3nc(=NC4CC4)n4nc/c(=C/c5[nH]c(=O)[nH]c5O)c4n3)cc2)CC1. The van der Waals surface area contributed by atoms with Crippen molar-refractivity contribution < 1.29 is 9.84 Å². The van der Waals surface area contributed by atoms with Gasteiger partial charge in [0.1, 0.15) is 11.4 Å². The van der Waals surface area contributed by atoms with Crippen LogP contribution in [0.25, 0.3) is 11.7 Å². The second kappa shape index (κ2) is 9.36. The van der Waals surface area contributed by atoms with Gasteiger partial charge in [-0.25, -0.2) is 9.79 Å². The van der Waals surface area contributed by atoms with E-state index in [1.165, 1.54) is 0 Å². The lowest BCUT2D eigenvalue weighted by molar-refractivity contribution is 0.209. The quantitative estimate of drug-likeness (QED) is 0.351. The molecule has 2 aliphatic rings. The lowest BCUT2D eigenvalue weighted by atomic mass is 10.2. The van der Waals surface area contributed by atoms with E-state index >= 15 is 0 Å². The van der Waals surface area contributed by atoms with Gasteiger partial charge in [0.15, 0.2) is 5.65 Å². The fourth-order valence-electron chi connectivity index (χ4n) is 4.43. The minimum absolute atomic E-state index is 0.145. The van der Waals surface area contributed by atoms with Crippen LogP contribution in [-0.4, -0.2) is 77.8 Å². The zero-order valence-electron chi connectivity index (χ0n) is 20.8. The summed E-state index contributed by atoms with van der Waals surface area (Å²) < 4.78 is 7.59. The molecule has 2 fully saturated rings. The third-order valence-electron chi connectivity index (χ3n) is 6.69. The first kappa shape index (κ1) is 23.2. The van der Waals surface area contributed by atoms with Crippen molar-refractivity contribution in [1.82, 2.24) is 34.4 Å². The van der Waals surface area contributed by atoms with Crippen molar-refractivity contribution in [3.05, 3.63) is 57.5 Å². The Kier molecular flexibility index (Phi) is 5.87. The summed E-state index contributed by atoms with van der Waals surface area (Å²) in [7, 11) is 0. The first-order valence-electron chi connectivity index (χ1n) is 12.5. The van der Waals surface area contributed by atoms with Crippen LogP contribution in [0.5, 0.6) is 17.6 Å². The Bertz CT molecular complexity index is 1590. The van der Waals surface area contributed by atoms with Crippen LogP contribution in [0.2, 0.25) is 0 Å². The van der Waals surface area contributed by atoms with Gasteiger partial charge in [-0.05, 0) is 57.0 Å². The van der Waals surface area contributed by atoms with Gasteiger partial charge in [-0.3, -0.25) is 9.88 Å². The number of rotatable bonds is 6. The average molecular weight is 504 g/mol. The molecule has 4 aromatic rings. The fraction of sp³-hybridized carbons (Fsp3) is 0.400. The summed E-state index contributed by atoms with van der Waals surface area (Å²) in [5.74, 6) is 0.354. The van der Waals surface area contributed by atoms with Crippen LogP contribution >= 0.6 is 0 Å². The highest BCUT2D eigenvalue weighted by atomic mass is 16.5. The van der Waals surface area contributed by atoms with Crippen LogP contribution in [0.4, 0.5) is 5.69 Å². The van der Waals surface area contributed by atoms with E-state index in [1.54, 1.807) is 16.8 Å². The number of nitrogens with one attached hydrogen (secondary N) is 2. The molecule has 0 bridgehead atoms. The van der Waals surface area contributed by atoms with E-state index in [0.717, 1.165) is 44.7 Å². The topological polar surface area (TPSA) is 140 Å². The summed E-state index contributed by atoms with van der Waals surface area (Å²) >= 11 is 0. The van der Waals surface area contributed by atoms with Crippen molar-refractivity contribution in [1.29, 1.82) is 0 Å². The Labute approximate surface area is 212 Å². The number of anilines is 1. The van der Waals surface area contributed by atoms with Crippen molar-refractivity contribution in [3.8, 4) is 17.6 Å². The zero-order valence-corrected chi connectivity index (χ0v) is 20.8. The lowest BCUT2D eigenvalue weighted by Gasteiger charge is -2.38. The number of nitrogens with zero attached hydrogens (tertiary/aromatic N) is 7. The van der Waals surface area contributed by atoms with E-state index in [4.69, 9.17) is 4.74 Å². The minimum atomic E-state index is -0.506. The average Bonchev–Trinajstić information content (AvgIpc) is 3.53. The third-order valence-corrected chi connectivity index (χ3v) is 6.69. The molecule has 0 radical (unpaired) electrons. The first-order chi connectivity index (χ1) is 17.9. The van der Waals surface area contributed by atoms with Crippen LogP contribution in [0.15, 0.2) is 40.2 Å². The number of piperazine rings is 1. The van der Waals surface area contributed by atoms with Gasteiger partial charge in [0, 0.05) is 43.1 Å². The van der Waals surface area contributed by atoms with Crippen LogP contribution in [0.1, 0.15) is 32.4 Å². The molecule has 0 spiro atoms. The maximum atomic E-state index is 11.5. The van der Waals surface area contributed by atoms with Gasteiger partial charge in [-0.2, -0.15) is 19.6 Å². The standard InChI is InChI=1S/C25H29N9O3/c1-15(2)32-9-11-33(12-10-32)18-5-7-19(8-6-18)37-25-29-21-16(13-20-22(35)30-24(36)28-20)14-26-34(21)23(31-25)27-17-3-4-17/h5-8,13-15,17,35H,3-4,9-12H2,1-2H3,(H2,28,30,36)/b16-13-,27-23?. The summed E-state index contributed by atoms with van der Waals surface area (Å²) in [6.07, 6.45) is 5.18. The van der Waals surface area contributed by atoms with E-state index in [9.17, 15) is 9.90 Å². The Hall–Kier alpha value is -4.19. The van der Waals surface area contributed by atoms with Gasteiger partial charge in [0.25, 0.3) is 5.62 Å². The zero-order chi connectivity index (χ0) is 25.5. The molecule has 0 unspecified atom stereocenters. The molecular formula is C25H29N9O3. The van der Waals surface area contributed by atoms with Gasteiger partial charge in [0.05, 0.1) is 12.2 Å². The summed E-state index contributed by atoms with van der Waals surface area (Å²) in [6.45, 7) is 8.56. The molecule has 3 N–H and O–H groups in total. The third kappa shape index (κ3) is 4.92. The number of hydrogen-bond donors (Lipinski definition) is 3. The van der Waals surface area contributed by atoms with Crippen molar-refractivity contribution >= 4 is 17.4 Å². The Morgan fingerprint density at radius 3 is 2.51 bits per heavy atom. The summed E-state index contributed by atoms with van der Waals surface area (Å²) in [5.41, 5.74) is 1.73. The summed E-state index contributed by atoms with van der Waals surface area (Å²) in [4.78, 5) is 35.0. The summed E-state index contributed by atoms with van der Waals surface area (Å²) in [5, 5.41) is 14.9. The van der Waals surface area contributed by atoms with E-state index in [1.807, 2.05) is 12.1 Å². The normalized spacial score (nSPS) is 17.9. The van der Waals surface area contributed by atoms with Crippen molar-refractivity contribution in [3.63, 3.8) is 0 Å². The molecular weight excluding hydrogens is 474 g/mol. The molecule has 4 heterocycles. The molecule has 1 aliphatic carbocycles. The molecule has 1 saturated carbocycles. The molecule has 1 aliphatic heterocycles. The molecule has 1 aromatic carbocycles. The number of benzene rings is 1. The summed E-state index contributed by atoms with van der Waals surface area (Å²) in [6, 6.07) is 8.87.